The second-order valence-corrected chi connectivity index (χ2v) is 7.37. The molecular weight excluding hydrogens is 386 g/mol. The SMILES string of the molecule is CC1=NNC(N)=N/C1=C/C(Sc1ccc(Cl)cc1)c1ccc(N([O-])O)cc1. The summed E-state index contributed by atoms with van der Waals surface area (Å²) in [4.78, 5) is 5.32. The topological polar surface area (TPSA) is 109 Å². The third kappa shape index (κ3) is 5.01. The molecule has 2 aromatic rings. The number of benzene rings is 2. The maximum atomic E-state index is 11.0. The molecule has 4 N–H and O–H groups in total. The van der Waals surface area contributed by atoms with Crippen LogP contribution < -0.4 is 16.4 Å². The first kappa shape index (κ1) is 19.2. The molecule has 1 unspecified atom stereocenters. The zero-order valence-corrected chi connectivity index (χ0v) is 15.9. The first-order valence-corrected chi connectivity index (χ1v) is 9.23. The number of hydrogen-bond acceptors (Lipinski definition) is 8. The number of guanidine groups is 1. The average molecular weight is 403 g/mol. The van der Waals surface area contributed by atoms with Crippen molar-refractivity contribution < 1.29 is 5.21 Å². The summed E-state index contributed by atoms with van der Waals surface area (Å²) in [6.07, 6.45) is 1.95. The lowest BCUT2D eigenvalue weighted by Gasteiger charge is -2.22. The molecule has 1 atom stereocenters. The van der Waals surface area contributed by atoms with Crippen LogP contribution in [0, 0.1) is 5.21 Å². The summed E-state index contributed by atoms with van der Waals surface area (Å²) in [7, 11) is 0. The normalized spacial score (nSPS) is 16.4. The number of thioether (sulfide) groups is 1. The van der Waals surface area contributed by atoms with E-state index in [1.165, 1.54) is 0 Å². The van der Waals surface area contributed by atoms with Crippen LogP contribution in [0.4, 0.5) is 5.69 Å². The molecule has 1 heterocycles. The number of rotatable bonds is 5. The number of hydrazone groups is 1. The van der Waals surface area contributed by atoms with Crippen LogP contribution in [0.15, 0.2) is 75.3 Å². The summed E-state index contributed by atoms with van der Waals surface area (Å²) in [5.41, 5.74) is 10.8. The van der Waals surface area contributed by atoms with E-state index in [-0.39, 0.29) is 22.1 Å². The van der Waals surface area contributed by atoms with Crippen LogP contribution in [0.25, 0.3) is 0 Å². The Morgan fingerprint density at radius 3 is 2.52 bits per heavy atom. The molecule has 0 bridgehead atoms. The first-order chi connectivity index (χ1) is 12.9. The molecular formula is C18H17ClN5O2S-. The van der Waals surface area contributed by atoms with Gasteiger partial charge in [0, 0.05) is 9.92 Å². The van der Waals surface area contributed by atoms with Gasteiger partial charge in [-0.1, -0.05) is 23.7 Å². The van der Waals surface area contributed by atoms with E-state index in [9.17, 15) is 5.21 Å². The Bertz CT molecular complexity index is 895. The van der Waals surface area contributed by atoms with Crippen LogP contribution in [0.3, 0.4) is 0 Å². The van der Waals surface area contributed by atoms with Crippen molar-refractivity contribution in [1.82, 2.24) is 5.43 Å². The summed E-state index contributed by atoms with van der Waals surface area (Å²) in [6, 6.07) is 14.2. The number of nitrogens with two attached hydrogens (primary N) is 1. The number of hydrogen-bond donors (Lipinski definition) is 3. The minimum atomic E-state index is -0.168. The molecule has 1 aliphatic rings. The highest BCUT2D eigenvalue weighted by Gasteiger charge is 2.16. The largest absolute Gasteiger partial charge is 0.733 e. The zero-order valence-electron chi connectivity index (χ0n) is 14.3. The Hall–Kier alpha value is -2.52. The maximum absolute atomic E-state index is 11.0. The van der Waals surface area contributed by atoms with Gasteiger partial charge in [0.2, 0.25) is 5.96 Å². The van der Waals surface area contributed by atoms with E-state index >= 15 is 0 Å². The van der Waals surface area contributed by atoms with Crippen LogP contribution in [0.1, 0.15) is 17.7 Å². The molecule has 140 valence electrons. The fraction of sp³-hybridized carbons (Fsp3) is 0.111. The van der Waals surface area contributed by atoms with Gasteiger partial charge in [-0.2, -0.15) is 5.10 Å². The number of nitrogens with one attached hydrogen (secondary N) is 1. The molecule has 27 heavy (non-hydrogen) atoms. The third-order valence-corrected chi connectivity index (χ3v) is 5.24. The highest BCUT2D eigenvalue weighted by Crippen LogP contribution is 2.38. The Balaban J connectivity index is 1.96. The van der Waals surface area contributed by atoms with E-state index < -0.39 is 0 Å². The fourth-order valence-electron chi connectivity index (χ4n) is 2.38. The first-order valence-electron chi connectivity index (χ1n) is 7.97. The molecule has 3 rings (SSSR count). The molecule has 0 fully saturated rings. The van der Waals surface area contributed by atoms with Crippen molar-refractivity contribution in [2.75, 3.05) is 5.23 Å². The highest BCUT2D eigenvalue weighted by atomic mass is 35.5. The average Bonchev–Trinajstić information content (AvgIpc) is 2.66. The van der Waals surface area contributed by atoms with E-state index in [0.717, 1.165) is 10.5 Å². The second kappa shape index (κ2) is 8.45. The molecule has 1 aliphatic heterocycles. The molecule has 0 spiro atoms. The lowest BCUT2D eigenvalue weighted by molar-refractivity contribution is 0.296. The maximum Gasteiger partial charge on any atom is 0.214 e. The van der Waals surface area contributed by atoms with Gasteiger partial charge < -0.3 is 16.2 Å². The predicted molar refractivity (Wildman–Crippen MR) is 110 cm³/mol. The number of aliphatic imine (C=N–C) groups is 1. The standard InChI is InChI=1S/C18H17ClN5O2S/c1-11-16(21-18(20)23-22-11)10-17(27-15-8-4-13(19)5-9-15)12-2-6-14(7-3-12)24(25)26/h2-10,17,25H,1H3,(H3,20,21,23)/q-1/b16-10+. The van der Waals surface area contributed by atoms with E-state index in [2.05, 4.69) is 15.5 Å². The van der Waals surface area contributed by atoms with Gasteiger partial charge in [-0.3, -0.25) is 5.21 Å². The van der Waals surface area contributed by atoms with Crippen LogP contribution in [0.5, 0.6) is 0 Å². The zero-order chi connectivity index (χ0) is 19.4. The van der Waals surface area contributed by atoms with Crippen LogP contribution >= 0.6 is 23.4 Å². The van der Waals surface area contributed by atoms with Crippen molar-refractivity contribution in [3.63, 3.8) is 0 Å². The predicted octanol–water partition coefficient (Wildman–Crippen LogP) is 4.04. The smallest absolute Gasteiger partial charge is 0.214 e. The second-order valence-electron chi connectivity index (χ2n) is 5.71. The van der Waals surface area contributed by atoms with Gasteiger partial charge in [0.25, 0.3) is 0 Å². The lowest BCUT2D eigenvalue weighted by atomic mass is 10.1. The molecule has 0 radical (unpaired) electrons. The third-order valence-electron chi connectivity index (χ3n) is 3.78. The molecule has 2 aromatic carbocycles. The molecule has 0 amide bonds. The molecule has 0 aromatic heterocycles. The summed E-state index contributed by atoms with van der Waals surface area (Å²) in [5.74, 6) is 0.222. The van der Waals surface area contributed by atoms with Crippen molar-refractivity contribution in [3.05, 3.63) is 76.1 Å². The van der Waals surface area contributed by atoms with E-state index in [1.807, 2.05) is 37.3 Å². The number of anilines is 1. The number of nitrogens with zero attached hydrogens (tertiary/aromatic N) is 3. The van der Waals surface area contributed by atoms with Crippen LogP contribution in [-0.2, 0) is 0 Å². The lowest BCUT2D eigenvalue weighted by Crippen LogP contribution is -2.31. The molecule has 0 saturated heterocycles. The molecule has 0 aliphatic carbocycles. The summed E-state index contributed by atoms with van der Waals surface area (Å²) in [5, 5.41) is 24.6. The van der Waals surface area contributed by atoms with Gasteiger partial charge in [-0.25, -0.2) is 10.4 Å². The number of halogens is 1. The fourth-order valence-corrected chi connectivity index (χ4v) is 3.59. The summed E-state index contributed by atoms with van der Waals surface area (Å²) in [6.45, 7) is 1.84. The van der Waals surface area contributed by atoms with Gasteiger partial charge in [0.05, 0.1) is 22.3 Å². The van der Waals surface area contributed by atoms with Crippen LogP contribution in [-0.4, -0.2) is 16.9 Å². The van der Waals surface area contributed by atoms with Gasteiger partial charge in [0.15, 0.2) is 0 Å². The van der Waals surface area contributed by atoms with E-state index in [1.54, 1.807) is 36.0 Å². The van der Waals surface area contributed by atoms with Crippen molar-refractivity contribution in [3.8, 4) is 0 Å². The van der Waals surface area contributed by atoms with Crippen molar-refractivity contribution in [1.29, 1.82) is 0 Å². The molecule has 0 saturated carbocycles. The van der Waals surface area contributed by atoms with Gasteiger partial charge in [-0.05, 0) is 55.0 Å². The number of allylic oxidation sites excluding steroid dienone is 1. The van der Waals surface area contributed by atoms with Gasteiger partial charge in [0.1, 0.15) is 0 Å². The van der Waals surface area contributed by atoms with Crippen molar-refractivity contribution >= 4 is 40.7 Å². The van der Waals surface area contributed by atoms with Crippen LogP contribution in [0.2, 0.25) is 5.02 Å². The summed E-state index contributed by atoms with van der Waals surface area (Å²) >= 11 is 7.56. The molecule has 7 nitrogen and oxygen atoms in total. The Kier molecular flexibility index (Phi) is 6.02. The monoisotopic (exact) mass is 402 g/mol. The van der Waals surface area contributed by atoms with Gasteiger partial charge in [-0.15, -0.1) is 11.8 Å². The minimum Gasteiger partial charge on any atom is -0.733 e. The van der Waals surface area contributed by atoms with Crippen molar-refractivity contribution in [2.24, 2.45) is 15.8 Å². The summed E-state index contributed by atoms with van der Waals surface area (Å²) < 4.78 is 0. The Labute approximate surface area is 165 Å². The minimum absolute atomic E-state index is 0.131. The molecule has 9 heteroatoms. The quantitative estimate of drug-likeness (QED) is 0.514. The van der Waals surface area contributed by atoms with Gasteiger partial charge >= 0.3 is 0 Å². The Morgan fingerprint density at radius 2 is 1.89 bits per heavy atom. The van der Waals surface area contributed by atoms with E-state index in [0.29, 0.717) is 16.4 Å². The Morgan fingerprint density at radius 1 is 1.22 bits per heavy atom. The van der Waals surface area contributed by atoms with Crippen molar-refractivity contribution in [2.45, 2.75) is 17.1 Å². The van der Waals surface area contributed by atoms with E-state index in [4.69, 9.17) is 22.5 Å². The highest BCUT2D eigenvalue weighted by molar-refractivity contribution is 7.99.